The Morgan fingerprint density at radius 3 is 2.70 bits per heavy atom. The fourth-order valence-electron chi connectivity index (χ4n) is 2.67. The highest BCUT2D eigenvalue weighted by molar-refractivity contribution is 5.95. The number of likely N-dealkylation sites (N-methyl/N-ethyl adjacent to an activating group) is 1. The van der Waals surface area contributed by atoms with Crippen molar-refractivity contribution in [1.82, 2.24) is 9.80 Å². The van der Waals surface area contributed by atoms with Gasteiger partial charge in [0.15, 0.2) is 0 Å². The normalized spacial score (nSPS) is 20.8. The molecule has 1 aliphatic heterocycles. The molecule has 1 fully saturated rings. The molecule has 0 spiro atoms. The molecule has 1 aromatic rings. The second-order valence-corrected chi connectivity index (χ2v) is 5.50. The molecule has 7 nitrogen and oxygen atoms in total. The summed E-state index contributed by atoms with van der Waals surface area (Å²) >= 11 is 0. The van der Waals surface area contributed by atoms with Crippen LogP contribution in [-0.2, 0) is 4.79 Å². The Morgan fingerprint density at radius 1 is 1.43 bits per heavy atom. The SMILES string of the molecule is COc1ccc(C(=O)N2CC(N(C)CC(=O)O)[C@H](O)C2)c(F)c1. The Hall–Kier alpha value is -2.19. The number of carbonyl (C=O) groups is 2. The average Bonchev–Trinajstić information content (AvgIpc) is 2.87. The lowest BCUT2D eigenvalue weighted by Gasteiger charge is -2.24. The van der Waals surface area contributed by atoms with Crippen LogP contribution in [0.15, 0.2) is 18.2 Å². The summed E-state index contributed by atoms with van der Waals surface area (Å²) in [6, 6.07) is 3.43. The summed E-state index contributed by atoms with van der Waals surface area (Å²) in [5, 5.41) is 18.9. The summed E-state index contributed by atoms with van der Waals surface area (Å²) in [6.45, 7) is -0.0885. The van der Waals surface area contributed by atoms with Crippen molar-refractivity contribution < 1.29 is 28.9 Å². The number of aliphatic carboxylic acids is 1. The van der Waals surface area contributed by atoms with Crippen LogP contribution in [0.1, 0.15) is 10.4 Å². The Kier molecular flexibility index (Phi) is 5.17. The maximum absolute atomic E-state index is 14.0. The van der Waals surface area contributed by atoms with E-state index in [1.165, 1.54) is 29.0 Å². The van der Waals surface area contributed by atoms with Crippen LogP contribution in [-0.4, -0.2) is 77.8 Å². The zero-order valence-corrected chi connectivity index (χ0v) is 12.9. The molecule has 1 heterocycles. The topological polar surface area (TPSA) is 90.3 Å². The van der Waals surface area contributed by atoms with Crippen molar-refractivity contribution in [1.29, 1.82) is 0 Å². The predicted molar refractivity (Wildman–Crippen MR) is 78.9 cm³/mol. The second-order valence-electron chi connectivity index (χ2n) is 5.50. The maximum Gasteiger partial charge on any atom is 0.317 e. The minimum absolute atomic E-state index is 0.0267. The van der Waals surface area contributed by atoms with Crippen molar-refractivity contribution in [3.8, 4) is 5.75 Å². The number of likely N-dealkylation sites (tertiary alicyclic amines) is 1. The van der Waals surface area contributed by atoms with E-state index in [-0.39, 0.29) is 25.2 Å². The number of hydrogen-bond acceptors (Lipinski definition) is 5. The second kappa shape index (κ2) is 6.93. The summed E-state index contributed by atoms with van der Waals surface area (Å²) < 4.78 is 18.9. The minimum atomic E-state index is -1.02. The molecular weight excluding hydrogens is 307 g/mol. The first-order chi connectivity index (χ1) is 10.8. The maximum atomic E-state index is 14.0. The molecule has 1 unspecified atom stereocenters. The number of aliphatic hydroxyl groups is 1. The number of hydrogen-bond donors (Lipinski definition) is 2. The van der Waals surface area contributed by atoms with E-state index in [0.717, 1.165) is 6.07 Å². The third-order valence-corrected chi connectivity index (χ3v) is 3.90. The summed E-state index contributed by atoms with van der Waals surface area (Å²) in [4.78, 5) is 25.9. The standard InChI is InChI=1S/C15H19FN2O5/c1-17(8-14(20)21)12-6-18(7-13(12)19)15(22)10-4-3-9(23-2)5-11(10)16/h3-5,12-13,19H,6-8H2,1-2H3,(H,20,21)/t12?,13-/m1/s1. The van der Waals surface area contributed by atoms with E-state index < -0.39 is 29.8 Å². The van der Waals surface area contributed by atoms with Gasteiger partial charge in [-0.3, -0.25) is 14.5 Å². The van der Waals surface area contributed by atoms with E-state index in [4.69, 9.17) is 9.84 Å². The summed E-state index contributed by atoms with van der Waals surface area (Å²) in [5.41, 5.74) is -0.112. The number of carboxylic acid groups (broad SMARTS) is 1. The molecule has 8 heteroatoms. The van der Waals surface area contributed by atoms with Gasteiger partial charge in [-0.1, -0.05) is 0 Å². The lowest BCUT2D eigenvalue weighted by Crippen LogP contribution is -2.43. The molecule has 0 aromatic heterocycles. The molecule has 1 amide bonds. The first-order valence-electron chi connectivity index (χ1n) is 7.06. The molecule has 1 saturated heterocycles. The molecule has 126 valence electrons. The summed E-state index contributed by atoms with van der Waals surface area (Å²) in [7, 11) is 2.96. The Bertz CT molecular complexity index is 610. The summed E-state index contributed by atoms with van der Waals surface area (Å²) in [5.74, 6) is -1.97. The van der Waals surface area contributed by atoms with Crippen LogP contribution in [0.5, 0.6) is 5.75 Å². The number of ether oxygens (including phenoxy) is 1. The Labute approximate surface area is 132 Å². The van der Waals surface area contributed by atoms with Gasteiger partial charge in [-0.25, -0.2) is 4.39 Å². The third-order valence-electron chi connectivity index (χ3n) is 3.90. The van der Waals surface area contributed by atoms with E-state index in [1.54, 1.807) is 7.05 Å². The predicted octanol–water partition coefficient (Wildman–Crippen LogP) is 0.0360. The van der Waals surface area contributed by atoms with Gasteiger partial charge >= 0.3 is 5.97 Å². The fraction of sp³-hybridized carbons (Fsp3) is 0.467. The molecule has 0 bridgehead atoms. The Balaban J connectivity index is 2.11. The molecule has 1 aliphatic rings. The van der Waals surface area contributed by atoms with Crippen molar-refractivity contribution in [3.63, 3.8) is 0 Å². The fourth-order valence-corrected chi connectivity index (χ4v) is 2.67. The van der Waals surface area contributed by atoms with Gasteiger partial charge in [0.25, 0.3) is 5.91 Å². The molecule has 0 radical (unpaired) electrons. The zero-order valence-electron chi connectivity index (χ0n) is 12.9. The quantitative estimate of drug-likeness (QED) is 0.794. The number of halogens is 1. The van der Waals surface area contributed by atoms with Gasteiger partial charge in [0.2, 0.25) is 0 Å². The smallest absolute Gasteiger partial charge is 0.317 e. The van der Waals surface area contributed by atoms with Gasteiger partial charge in [0, 0.05) is 19.2 Å². The van der Waals surface area contributed by atoms with Crippen molar-refractivity contribution in [2.24, 2.45) is 0 Å². The number of rotatable bonds is 5. The van der Waals surface area contributed by atoms with Crippen LogP contribution in [0.4, 0.5) is 4.39 Å². The summed E-state index contributed by atoms with van der Waals surface area (Å²) in [6.07, 6.45) is -0.885. The van der Waals surface area contributed by atoms with Crippen LogP contribution in [0.2, 0.25) is 0 Å². The number of nitrogens with zero attached hydrogens (tertiary/aromatic N) is 2. The van der Waals surface area contributed by atoms with Gasteiger partial charge in [-0.2, -0.15) is 0 Å². The van der Waals surface area contributed by atoms with Crippen molar-refractivity contribution in [3.05, 3.63) is 29.6 Å². The monoisotopic (exact) mass is 326 g/mol. The highest BCUT2D eigenvalue weighted by atomic mass is 19.1. The van der Waals surface area contributed by atoms with Crippen LogP contribution in [0, 0.1) is 5.82 Å². The first kappa shape index (κ1) is 17.2. The van der Waals surface area contributed by atoms with Crippen LogP contribution in [0.3, 0.4) is 0 Å². The van der Waals surface area contributed by atoms with Crippen molar-refractivity contribution in [2.45, 2.75) is 12.1 Å². The lowest BCUT2D eigenvalue weighted by atomic mass is 10.1. The molecule has 0 aliphatic carbocycles. The molecule has 0 saturated carbocycles. The van der Waals surface area contributed by atoms with Crippen LogP contribution < -0.4 is 4.74 Å². The first-order valence-corrected chi connectivity index (χ1v) is 7.06. The highest BCUT2D eigenvalue weighted by Crippen LogP contribution is 2.21. The number of β-amino-alcohol motifs (C(OH)–C–C–N with tert-alkyl or cyclic N) is 1. The number of aliphatic hydroxyl groups excluding tert-OH is 1. The van der Waals surface area contributed by atoms with Crippen molar-refractivity contribution >= 4 is 11.9 Å². The van der Waals surface area contributed by atoms with Crippen molar-refractivity contribution in [2.75, 3.05) is 33.8 Å². The highest BCUT2D eigenvalue weighted by Gasteiger charge is 2.37. The van der Waals surface area contributed by atoms with E-state index >= 15 is 0 Å². The number of benzene rings is 1. The van der Waals surface area contributed by atoms with E-state index in [1.807, 2.05) is 0 Å². The molecule has 2 atom stereocenters. The lowest BCUT2D eigenvalue weighted by molar-refractivity contribution is -0.138. The van der Waals surface area contributed by atoms with Crippen LogP contribution >= 0.6 is 0 Å². The number of methoxy groups -OCH3 is 1. The molecular formula is C15H19FN2O5. The molecule has 23 heavy (non-hydrogen) atoms. The molecule has 1 aromatic carbocycles. The third kappa shape index (κ3) is 3.77. The number of carboxylic acids is 1. The van der Waals surface area contributed by atoms with Gasteiger partial charge in [-0.15, -0.1) is 0 Å². The molecule has 2 N–H and O–H groups in total. The number of amides is 1. The average molecular weight is 326 g/mol. The van der Waals surface area contributed by atoms with E-state index in [2.05, 4.69) is 0 Å². The Morgan fingerprint density at radius 2 is 2.13 bits per heavy atom. The van der Waals surface area contributed by atoms with E-state index in [0.29, 0.717) is 5.75 Å². The van der Waals surface area contributed by atoms with Crippen LogP contribution in [0.25, 0.3) is 0 Å². The minimum Gasteiger partial charge on any atom is -0.497 e. The van der Waals surface area contributed by atoms with Gasteiger partial charge in [0.1, 0.15) is 11.6 Å². The largest absolute Gasteiger partial charge is 0.497 e. The molecule has 2 rings (SSSR count). The zero-order chi connectivity index (χ0) is 17.1. The van der Waals surface area contributed by atoms with E-state index in [9.17, 15) is 19.1 Å². The van der Waals surface area contributed by atoms with Gasteiger partial charge in [-0.05, 0) is 19.2 Å². The van der Waals surface area contributed by atoms with Gasteiger partial charge < -0.3 is 19.8 Å². The number of carbonyl (C=O) groups excluding carboxylic acids is 1. The van der Waals surface area contributed by atoms with Gasteiger partial charge in [0.05, 0.1) is 31.4 Å².